The molecule has 0 aliphatic carbocycles. The lowest BCUT2D eigenvalue weighted by molar-refractivity contribution is 0.0775. The second-order valence-electron chi connectivity index (χ2n) is 4.57. The van der Waals surface area contributed by atoms with Crippen LogP contribution in [0, 0.1) is 17.5 Å². The molecule has 0 spiro atoms. The largest absolute Gasteiger partial charge is 0.508 e. The summed E-state index contributed by atoms with van der Waals surface area (Å²) in [7, 11) is 1.37. The zero-order valence-electron chi connectivity index (χ0n) is 11.1. The number of amides is 1. The van der Waals surface area contributed by atoms with Gasteiger partial charge in [0.2, 0.25) is 0 Å². The molecule has 1 amide bonds. The van der Waals surface area contributed by atoms with Crippen molar-refractivity contribution in [3.63, 3.8) is 0 Å². The fourth-order valence-electron chi connectivity index (χ4n) is 1.88. The Labute approximate surface area is 119 Å². The SMILES string of the molecule is CN(Cc1ccc(O)cc1)C(=O)c1c(F)cc(F)cc1F. The van der Waals surface area contributed by atoms with Crippen LogP contribution in [-0.4, -0.2) is 23.0 Å². The Morgan fingerprint density at radius 3 is 2.14 bits per heavy atom. The van der Waals surface area contributed by atoms with Gasteiger partial charge in [0.15, 0.2) is 0 Å². The minimum Gasteiger partial charge on any atom is -0.508 e. The summed E-state index contributed by atoms with van der Waals surface area (Å²) in [6.45, 7) is 0.0926. The fraction of sp³-hybridized carbons (Fsp3) is 0.133. The maximum absolute atomic E-state index is 13.6. The molecular formula is C15H12F3NO2. The van der Waals surface area contributed by atoms with Gasteiger partial charge in [-0.1, -0.05) is 12.1 Å². The maximum atomic E-state index is 13.6. The molecule has 0 aliphatic heterocycles. The van der Waals surface area contributed by atoms with Crippen molar-refractivity contribution in [1.82, 2.24) is 4.90 Å². The van der Waals surface area contributed by atoms with Gasteiger partial charge in [0.25, 0.3) is 5.91 Å². The van der Waals surface area contributed by atoms with E-state index in [-0.39, 0.29) is 12.3 Å². The standard InChI is InChI=1S/C15H12F3NO2/c1-19(8-9-2-4-11(20)5-3-9)15(21)14-12(17)6-10(16)7-13(14)18/h2-7,20H,8H2,1H3. The minimum atomic E-state index is -1.24. The molecule has 0 fully saturated rings. The monoisotopic (exact) mass is 295 g/mol. The summed E-state index contributed by atoms with van der Waals surface area (Å²) in [5.74, 6) is -4.38. The van der Waals surface area contributed by atoms with Crippen LogP contribution < -0.4 is 0 Å². The number of phenols is 1. The molecule has 0 aliphatic rings. The smallest absolute Gasteiger partial charge is 0.259 e. The van der Waals surface area contributed by atoms with Crippen molar-refractivity contribution in [1.29, 1.82) is 0 Å². The van der Waals surface area contributed by atoms with Gasteiger partial charge in [-0.05, 0) is 17.7 Å². The molecular weight excluding hydrogens is 283 g/mol. The fourth-order valence-corrected chi connectivity index (χ4v) is 1.88. The third kappa shape index (κ3) is 3.34. The van der Waals surface area contributed by atoms with Gasteiger partial charge in [0.1, 0.15) is 28.8 Å². The van der Waals surface area contributed by atoms with E-state index >= 15 is 0 Å². The van der Waals surface area contributed by atoms with E-state index in [0.29, 0.717) is 17.7 Å². The lowest BCUT2D eigenvalue weighted by atomic mass is 10.1. The van der Waals surface area contributed by atoms with Gasteiger partial charge in [-0.3, -0.25) is 4.79 Å². The number of aromatic hydroxyl groups is 1. The minimum absolute atomic E-state index is 0.0725. The number of carbonyl (C=O) groups is 1. The molecule has 0 aromatic heterocycles. The van der Waals surface area contributed by atoms with Crippen molar-refractivity contribution >= 4 is 5.91 Å². The van der Waals surface area contributed by atoms with Crippen LogP contribution in [0.25, 0.3) is 0 Å². The van der Waals surface area contributed by atoms with E-state index in [1.165, 1.54) is 19.2 Å². The van der Waals surface area contributed by atoms with E-state index in [4.69, 9.17) is 5.11 Å². The van der Waals surface area contributed by atoms with Gasteiger partial charge >= 0.3 is 0 Å². The van der Waals surface area contributed by atoms with Crippen molar-refractivity contribution in [3.8, 4) is 5.75 Å². The second kappa shape index (κ2) is 5.87. The number of phenolic OH excluding ortho intramolecular Hbond substituents is 1. The zero-order chi connectivity index (χ0) is 15.6. The van der Waals surface area contributed by atoms with Crippen LogP contribution in [0.5, 0.6) is 5.75 Å². The Hall–Kier alpha value is -2.50. The summed E-state index contributed by atoms with van der Waals surface area (Å²) in [6.07, 6.45) is 0. The summed E-state index contributed by atoms with van der Waals surface area (Å²) in [6, 6.07) is 6.96. The highest BCUT2D eigenvalue weighted by molar-refractivity contribution is 5.94. The number of nitrogens with zero attached hydrogens (tertiary/aromatic N) is 1. The normalized spacial score (nSPS) is 10.5. The first-order valence-corrected chi connectivity index (χ1v) is 6.06. The lowest BCUT2D eigenvalue weighted by Crippen LogP contribution is -2.28. The van der Waals surface area contributed by atoms with Crippen LogP contribution in [0.3, 0.4) is 0 Å². The Morgan fingerprint density at radius 1 is 1.10 bits per heavy atom. The molecule has 2 aromatic rings. The predicted molar refractivity (Wildman–Crippen MR) is 70.2 cm³/mol. The average Bonchev–Trinajstić information content (AvgIpc) is 2.40. The lowest BCUT2D eigenvalue weighted by Gasteiger charge is -2.18. The Bertz CT molecular complexity index is 648. The number of benzene rings is 2. The van der Waals surface area contributed by atoms with Crippen LogP contribution in [0.2, 0.25) is 0 Å². The molecule has 6 heteroatoms. The Kier molecular flexibility index (Phi) is 4.16. The number of hydrogen-bond acceptors (Lipinski definition) is 2. The van der Waals surface area contributed by atoms with Gasteiger partial charge in [-0.2, -0.15) is 0 Å². The van der Waals surface area contributed by atoms with Crippen molar-refractivity contribution in [2.75, 3.05) is 7.05 Å². The van der Waals surface area contributed by atoms with Crippen molar-refractivity contribution in [2.24, 2.45) is 0 Å². The molecule has 21 heavy (non-hydrogen) atoms. The first kappa shape index (κ1) is 14.9. The van der Waals surface area contributed by atoms with E-state index in [1.807, 2.05) is 0 Å². The van der Waals surface area contributed by atoms with Crippen LogP contribution in [0.1, 0.15) is 15.9 Å². The summed E-state index contributed by atoms with van der Waals surface area (Å²) in [5.41, 5.74) is -0.121. The number of halogens is 3. The van der Waals surface area contributed by atoms with Crippen molar-refractivity contribution < 1.29 is 23.1 Å². The molecule has 0 saturated carbocycles. The van der Waals surface area contributed by atoms with E-state index in [9.17, 15) is 18.0 Å². The summed E-state index contributed by atoms with van der Waals surface area (Å²) in [5, 5.41) is 9.16. The zero-order valence-corrected chi connectivity index (χ0v) is 11.1. The summed E-state index contributed by atoms with van der Waals surface area (Å²) < 4.78 is 39.9. The van der Waals surface area contributed by atoms with Gasteiger partial charge in [-0.15, -0.1) is 0 Å². The third-order valence-electron chi connectivity index (χ3n) is 2.92. The van der Waals surface area contributed by atoms with Gasteiger partial charge < -0.3 is 10.0 Å². The van der Waals surface area contributed by atoms with E-state index in [0.717, 1.165) is 4.90 Å². The van der Waals surface area contributed by atoms with Crippen LogP contribution in [-0.2, 0) is 6.54 Å². The molecule has 110 valence electrons. The van der Waals surface area contributed by atoms with E-state index in [1.54, 1.807) is 12.1 Å². The predicted octanol–water partition coefficient (Wildman–Crippen LogP) is 3.08. The number of carbonyl (C=O) groups excluding carboxylic acids is 1. The average molecular weight is 295 g/mol. The van der Waals surface area contributed by atoms with Crippen molar-refractivity contribution in [3.05, 3.63) is 65.0 Å². The summed E-state index contributed by atoms with van der Waals surface area (Å²) >= 11 is 0. The molecule has 1 N–H and O–H groups in total. The number of hydrogen-bond donors (Lipinski definition) is 1. The highest BCUT2D eigenvalue weighted by Gasteiger charge is 2.22. The topological polar surface area (TPSA) is 40.5 Å². The first-order valence-electron chi connectivity index (χ1n) is 6.06. The van der Waals surface area contributed by atoms with Gasteiger partial charge in [0.05, 0.1) is 0 Å². The third-order valence-corrected chi connectivity index (χ3v) is 2.92. The molecule has 3 nitrogen and oxygen atoms in total. The maximum Gasteiger partial charge on any atom is 0.259 e. The highest BCUT2D eigenvalue weighted by Crippen LogP contribution is 2.18. The Balaban J connectivity index is 2.22. The number of rotatable bonds is 3. The molecule has 2 rings (SSSR count). The molecule has 2 aromatic carbocycles. The molecule has 0 unspecified atom stereocenters. The van der Waals surface area contributed by atoms with Crippen molar-refractivity contribution in [2.45, 2.75) is 6.54 Å². The molecule has 0 atom stereocenters. The van der Waals surface area contributed by atoms with Crippen LogP contribution in [0.15, 0.2) is 36.4 Å². The molecule has 0 saturated heterocycles. The molecule has 0 bridgehead atoms. The quantitative estimate of drug-likeness (QED) is 0.945. The first-order chi connectivity index (χ1) is 9.88. The summed E-state index contributed by atoms with van der Waals surface area (Å²) in [4.78, 5) is 13.1. The van der Waals surface area contributed by atoms with Crippen LogP contribution >= 0.6 is 0 Å². The molecule has 0 heterocycles. The highest BCUT2D eigenvalue weighted by atomic mass is 19.1. The second-order valence-corrected chi connectivity index (χ2v) is 4.57. The van der Waals surface area contributed by atoms with Gasteiger partial charge in [0, 0.05) is 25.7 Å². The Morgan fingerprint density at radius 2 is 1.62 bits per heavy atom. The van der Waals surface area contributed by atoms with E-state index in [2.05, 4.69) is 0 Å². The van der Waals surface area contributed by atoms with Crippen LogP contribution in [0.4, 0.5) is 13.2 Å². The van der Waals surface area contributed by atoms with Gasteiger partial charge in [-0.25, -0.2) is 13.2 Å². The molecule has 0 radical (unpaired) electrons. The van der Waals surface area contributed by atoms with E-state index < -0.39 is 28.9 Å².